The maximum atomic E-state index is 11.1. The van der Waals surface area contributed by atoms with Crippen molar-refractivity contribution in [2.24, 2.45) is 0 Å². The van der Waals surface area contributed by atoms with E-state index in [1.165, 1.54) is 13.4 Å². The third kappa shape index (κ3) is 4.59. The number of aromatic nitrogens is 2. The van der Waals surface area contributed by atoms with Crippen molar-refractivity contribution in [3.63, 3.8) is 0 Å². The molecule has 1 amide bonds. The molecule has 3 aromatic rings. The molecule has 1 aromatic heterocycles. The molecule has 0 fully saturated rings. The zero-order chi connectivity index (χ0) is 19.9. The van der Waals surface area contributed by atoms with Gasteiger partial charge in [0, 0.05) is 17.9 Å². The van der Waals surface area contributed by atoms with Crippen LogP contribution in [-0.2, 0) is 4.79 Å². The van der Waals surface area contributed by atoms with Gasteiger partial charge in [0.25, 0.3) is 0 Å². The molecule has 0 bridgehead atoms. The molecule has 146 valence electrons. The first kappa shape index (κ1) is 19.7. The third-order valence-corrected chi connectivity index (χ3v) is 4.31. The number of nitrogens with zero attached hydrogens (tertiary/aromatic N) is 2. The van der Waals surface area contributed by atoms with E-state index in [-0.39, 0.29) is 13.0 Å². The Morgan fingerprint density at radius 2 is 2.04 bits per heavy atom. The van der Waals surface area contributed by atoms with Crippen molar-refractivity contribution < 1.29 is 19.5 Å². The molecule has 8 nitrogen and oxygen atoms in total. The number of rotatable bonds is 8. The van der Waals surface area contributed by atoms with Gasteiger partial charge in [0.05, 0.1) is 29.9 Å². The van der Waals surface area contributed by atoms with E-state index >= 15 is 0 Å². The summed E-state index contributed by atoms with van der Waals surface area (Å²) < 4.78 is 11.1. The molecule has 0 unspecified atom stereocenters. The molecule has 0 aliphatic carbocycles. The van der Waals surface area contributed by atoms with Gasteiger partial charge >= 0.3 is 0 Å². The Bertz CT molecular complexity index is 983. The molecule has 1 heterocycles. The molecular weight excluding hydrogens is 384 g/mol. The lowest BCUT2D eigenvalue weighted by Crippen LogP contribution is -2.18. The van der Waals surface area contributed by atoms with Crippen LogP contribution >= 0.6 is 11.6 Å². The zero-order valence-corrected chi connectivity index (χ0v) is 15.9. The molecule has 0 atom stereocenters. The van der Waals surface area contributed by atoms with Gasteiger partial charge in [0.1, 0.15) is 12.1 Å². The maximum Gasteiger partial charge on any atom is 0.243 e. The van der Waals surface area contributed by atoms with E-state index in [0.717, 1.165) is 11.1 Å². The lowest BCUT2D eigenvalue weighted by Gasteiger charge is -2.14. The zero-order valence-electron chi connectivity index (χ0n) is 15.1. The topological polar surface area (TPSA) is 106 Å². The van der Waals surface area contributed by atoms with Crippen LogP contribution < -0.4 is 20.3 Å². The van der Waals surface area contributed by atoms with Crippen molar-refractivity contribution in [1.29, 1.82) is 0 Å². The van der Waals surface area contributed by atoms with E-state index in [1.54, 1.807) is 23.7 Å². The highest BCUT2D eigenvalue weighted by Crippen LogP contribution is 2.35. The number of hydrogen-bond acceptors (Lipinski definition) is 7. The van der Waals surface area contributed by atoms with Gasteiger partial charge < -0.3 is 14.8 Å². The molecule has 0 spiro atoms. The normalized spacial score (nSPS) is 10.5. The average Bonchev–Trinajstić information content (AvgIpc) is 2.72. The van der Waals surface area contributed by atoms with Gasteiger partial charge in [-0.3, -0.25) is 10.0 Å². The highest BCUT2D eigenvalue weighted by molar-refractivity contribution is 6.33. The molecule has 0 saturated heterocycles. The predicted octanol–water partition coefficient (Wildman–Crippen LogP) is 3.70. The van der Waals surface area contributed by atoms with E-state index < -0.39 is 5.91 Å². The number of hydrogen-bond donors (Lipinski definition) is 3. The average molecular weight is 403 g/mol. The minimum absolute atomic E-state index is 0.148. The van der Waals surface area contributed by atoms with Crippen LogP contribution in [0, 0.1) is 0 Å². The Balaban J connectivity index is 1.87. The maximum absolute atomic E-state index is 11.1. The monoisotopic (exact) mass is 402 g/mol. The molecule has 3 rings (SSSR count). The first-order valence-electron chi connectivity index (χ1n) is 8.52. The van der Waals surface area contributed by atoms with Crippen molar-refractivity contribution in [2.45, 2.75) is 12.8 Å². The molecule has 0 aliphatic rings. The Labute approximate surface area is 166 Å². The first-order chi connectivity index (χ1) is 13.6. The summed E-state index contributed by atoms with van der Waals surface area (Å²) in [6.45, 7) is 0.274. The summed E-state index contributed by atoms with van der Waals surface area (Å²) in [5.74, 6) is 1.12. The lowest BCUT2D eigenvalue weighted by atomic mass is 10.2. The number of carbonyl (C=O) groups is 1. The summed E-state index contributed by atoms with van der Waals surface area (Å²) in [6.07, 6.45) is 2.04. The van der Waals surface area contributed by atoms with Crippen molar-refractivity contribution in [1.82, 2.24) is 15.4 Å². The summed E-state index contributed by atoms with van der Waals surface area (Å²) in [5.41, 5.74) is 2.99. The highest BCUT2D eigenvalue weighted by atomic mass is 35.5. The van der Waals surface area contributed by atoms with Crippen LogP contribution in [0.4, 0.5) is 11.5 Å². The van der Waals surface area contributed by atoms with Crippen molar-refractivity contribution in [2.75, 3.05) is 19.0 Å². The van der Waals surface area contributed by atoms with Gasteiger partial charge in [-0.25, -0.2) is 15.4 Å². The van der Waals surface area contributed by atoms with E-state index in [9.17, 15) is 4.79 Å². The number of anilines is 2. The van der Waals surface area contributed by atoms with E-state index in [0.29, 0.717) is 34.3 Å². The molecule has 3 N–H and O–H groups in total. The van der Waals surface area contributed by atoms with Gasteiger partial charge in [0.15, 0.2) is 11.5 Å². The highest BCUT2D eigenvalue weighted by Gasteiger charge is 2.13. The van der Waals surface area contributed by atoms with Crippen molar-refractivity contribution in [3.8, 4) is 11.5 Å². The first-order valence-corrected chi connectivity index (χ1v) is 8.90. The Kier molecular flexibility index (Phi) is 6.46. The number of ether oxygens (including phenoxy) is 2. The van der Waals surface area contributed by atoms with Crippen molar-refractivity contribution in [3.05, 3.63) is 47.7 Å². The van der Waals surface area contributed by atoms with E-state index in [1.807, 2.05) is 18.2 Å². The molecule has 2 aromatic carbocycles. The van der Waals surface area contributed by atoms with Crippen LogP contribution in [0.5, 0.6) is 11.5 Å². The fraction of sp³-hybridized carbons (Fsp3) is 0.211. The smallest absolute Gasteiger partial charge is 0.243 e. The van der Waals surface area contributed by atoms with Crippen LogP contribution in [0.1, 0.15) is 12.8 Å². The second-order valence-electron chi connectivity index (χ2n) is 5.83. The molecule has 28 heavy (non-hydrogen) atoms. The largest absolute Gasteiger partial charge is 0.493 e. The minimum atomic E-state index is -0.464. The van der Waals surface area contributed by atoms with E-state index in [4.69, 9.17) is 26.3 Å². The second kappa shape index (κ2) is 9.20. The van der Waals surface area contributed by atoms with Gasteiger partial charge in [-0.2, -0.15) is 0 Å². The van der Waals surface area contributed by atoms with Crippen LogP contribution in [-0.4, -0.2) is 34.8 Å². The Morgan fingerprint density at radius 3 is 2.79 bits per heavy atom. The van der Waals surface area contributed by atoms with Gasteiger partial charge in [-0.1, -0.05) is 23.7 Å². The molecule has 0 aliphatic heterocycles. The van der Waals surface area contributed by atoms with Crippen LogP contribution in [0.15, 0.2) is 42.7 Å². The summed E-state index contributed by atoms with van der Waals surface area (Å²) in [5, 5.41) is 13.0. The number of methoxy groups -OCH3 is 1. The van der Waals surface area contributed by atoms with Crippen LogP contribution in [0.25, 0.3) is 10.9 Å². The molecule has 9 heteroatoms. The number of hydroxylamine groups is 1. The molecule has 0 radical (unpaired) electrons. The van der Waals surface area contributed by atoms with Crippen LogP contribution in [0.3, 0.4) is 0 Å². The Hall–Kier alpha value is -3.10. The summed E-state index contributed by atoms with van der Waals surface area (Å²) in [7, 11) is 1.54. The van der Waals surface area contributed by atoms with Gasteiger partial charge in [-0.05, 0) is 24.6 Å². The number of halogens is 1. The van der Waals surface area contributed by atoms with Crippen molar-refractivity contribution >= 4 is 39.9 Å². The summed E-state index contributed by atoms with van der Waals surface area (Å²) in [4.78, 5) is 19.7. The molecule has 0 saturated carbocycles. The minimum Gasteiger partial charge on any atom is -0.493 e. The predicted molar refractivity (Wildman–Crippen MR) is 105 cm³/mol. The van der Waals surface area contributed by atoms with Crippen LogP contribution in [0.2, 0.25) is 5.02 Å². The standard InChI is InChI=1S/C19H19ClN4O4/c1-27-16-10-15-12(9-17(16)28-8-4-7-18(25)24-26)19(22-11-21-15)23-14-6-3-2-5-13(14)20/h2-3,5-6,9-11,26H,4,7-8H2,1H3,(H,24,25)(H,21,22,23). The number of fused-ring (bicyclic) bond motifs is 1. The fourth-order valence-corrected chi connectivity index (χ4v) is 2.78. The number of benzene rings is 2. The van der Waals surface area contributed by atoms with Gasteiger partial charge in [0.2, 0.25) is 5.91 Å². The number of carbonyl (C=O) groups excluding carboxylic acids is 1. The Morgan fingerprint density at radius 1 is 1.21 bits per heavy atom. The summed E-state index contributed by atoms with van der Waals surface area (Å²) >= 11 is 6.23. The molecular formula is C19H19ClN4O4. The quantitative estimate of drug-likeness (QED) is 0.299. The third-order valence-electron chi connectivity index (χ3n) is 3.98. The van der Waals surface area contributed by atoms with E-state index in [2.05, 4.69) is 15.3 Å². The number of amides is 1. The number of nitrogens with one attached hydrogen (secondary N) is 2. The summed E-state index contributed by atoms with van der Waals surface area (Å²) in [6, 6.07) is 10.9. The fourth-order valence-electron chi connectivity index (χ4n) is 2.60. The van der Waals surface area contributed by atoms with Gasteiger partial charge in [-0.15, -0.1) is 0 Å². The SMILES string of the molecule is COc1cc2ncnc(Nc3ccccc3Cl)c2cc1OCCCC(=O)NO. The second-order valence-corrected chi connectivity index (χ2v) is 6.24. The lowest BCUT2D eigenvalue weighted by molar-refractivity contribution is -0.129. The number of para-hydroxylation sites is 1.